The molecule has 4 rings (SSSR count). The SMILES string of the molecule is N#Cc1ccccc1Sc1ccccc1C(=O)N[C@H]1CC[NH+](Cc2ccccc2)C1. The Hall–Kier alpha value is -3.07. The lowest BCUT2D eigenvalue weighted by Crippen LogP contribution is -3.09. The summed E-state index contributed by atoms with van der Waals surface area (Å²) in [7, 11) is 0. The van der Waals surface area contributed by atoms with Crippen molar-refractivity contribution >= 4 is 17.7 Å². The van der Waals surface area contributed by atoms with Crippen LogP contribution in [-0.4, -0.2) is 25.0 Å². The summed E-state index contributed by atoms with van der Waals surface area (Å²) in [5.74, 6) is -0.0431. The first kappa shape index (κ1) is 20.2. The predicted molar refractivity (Wildman–Crippen MR) is 118 cm³/mol. The molecule has 2 atom stereocenters. The van der Waals surface area contributed by atoms with Gasteiger partial charge in [-0.2, -0.15) is 5.26 Å². The highest BCUT2D eigenvalue weighted by molar-refractivity contribution is 7.99. The van der Waals surface area contributed by atoms with Gasteiger partial charge in [-0.1, -0.05) is 66.4 Å². The number of rotatable bonds is 6. The highest BCUT2D eigenvalue weighted by Gasteiger charge is 2.28. The first-order valence-corrected chi connectivity index (χ1v) is 11.0. The highest BCUT2D eigenvalue weighted by atomic mass is 32.2. The third-order valence-corrected chi connectivity index (χ3v) is 6.52. The predicted octanol–water partition coefficient (Wildman–Crippen LogP) is 3.30. The summed E-state index contributed by atoms with van der Waals surface area (Å²) < 4.78 is 0. The number of nitrogens with one attached hydrogen (secondary N) is 2. The molecule has 3 aromatic carbocycles. The molecule has 1 heterocycles. The molecule has 3 aromatic rings. The first-order chi connectivity index (χ1) is 14.7. The number of nitrogens with zero attached hydrogens (tertiary/aromatic N) is 1. The molecule has 30 heavy (non-hydrogen) atoms. The number of nitriles is 1. The summed E-state index contributed by atoms with van der Waals surface area (Å²) >= 11 is 1.47. The van der Waals surface area contributed by atoms with E-state index in [4.69, 9.17) is 0 Å². The Morgan fingerprint density at radius 2 is 1.70 bits per heavy atom. The Balaban J connectivity index is 1.41. The molecule has 1 aliphatic rings. The average molecular weight is 415 g/mol. The van der Waals surface area contributed by atoms with E-state index in [1.54, 1.807) is 6.07 Å². The molecule has 0 aromatic heterocycles. The zero-order valence-corrected chi connectivity index (χ0v) is 17.5. The molecule has 4 nitrogen and oxygen atoms in total. The normalized spacial score (nSPS) is 18.0. The topological polar surface area (TPSA) is 57.3 Å². The minimum Gasteiger partial charge on any atom is -0.343 e. The quantitative estimate of drug-likeness (QED) is 0.651. The Bertz CT molecular complexity index is 1060. The molecule has 0 bridgehead atoms. The summed E-state index contributed by atoms with van der Waals surface area (Å²) in [4.78, 5) is 16.3. The van der Waals surface area contributed by atoms with Crippen LogP contribution in [0.1, 0.15) is 27.9 Å². The van der Waals surface area contributed by atoms with E-state index in [0.29, 0.717) is 11.1 Å². The smallest absolute Gasteiger partial charge is 0.252 e. The molecule has 1 saturated heterocycles. The third kappa shape index (κ3) is 4.91. The Labute approximate surface area is 181 Å². The van der Waals surface area contributed by atoms with Crippen LogP contribution in [0.15, 0.2) is 88.7 Å². The van der Waals surface area contributed by atoms with Gasteiger partial charge in [0, 0.05) is 21.8 Å². The number of hydrogen-bond donors (Lipinski definition) is 2. The number of hydrogen-bond acceptors (Lipinski definition) is 3. The minimum atomic E-state index is -0.0431. The molecule has 5 heteroatoms. The molecule has 1 aliphatic heterocycles. The third-order valence-electron chi connectivity index (χ3n) is 5.37. The Morgan fingerprint density at radius 1 is 1.00 bits per heavy atom. The van der Waals surface area contributed by atoms with Gasteiger partial charge in [-0.15, -0.1) is 0 Å². The number of amides is 1. The van der Waals surface area contributed by atoms with E-state index >= 15 is 0 Å². The van der Waals surface area contributed by atoms with E-state index in [0.717, 1.165) is 35.8 Å². The number of carbonyl (C=O) groups is 1. The van der Waals surface area contributed by atoms with Crippen molar-refractivity contribution in [3.05, 3.63) is 95.6 Å². The molecular formula is C25H24N3OS+. The van der Waals surface area contributed by atoms with Crippen LogP contribution in [-0.2, 0) is 6.54 Å². The first-order valence-electron chi connectivity index (χ1n) is 10.2. The summed E-state index contributed by atoms with van der Waals surface area (Å²) in [6.45, 7) is 2.99. The Morgan fingerprint density at radius 3 is 2.50 bits per heavy atom. The standard InChI is InChI=1S/C25H23N3OS/c26-16-20-10-4-6-12-23(20)30-24-13-7-5-11-22(24)25(29)27-21-14-15-28(18-21)17-19-8-2-1-3-9-19/h1-13,21H,14-15,17-18H2,(H,27,29)/p+1/t21-/m0/s1. The molecule has 0 radical (unpaired) electrons. The van der Waals surface area contributed by atoms with Gasteiger partial charge in [0.15, 0.2) is 0 Å². The Kier molecular flexibility index (Phi) is 6.48. The van der Waals surface area contributed by atoms with E-state index in [-0.39, 0.29) is 11.9 Å². The average Bonchev–Trinajstić information content (AvgIpc) is 3.21. The van der Waals surface area contributed by atoms with Crippen LogP contribution in [0.5, 0.6) is 0 Å². The molecule has 0 spiro atoms. The largest absolute Gasteiger partial charge is 0.343 e. The van der Waals surface area contributed by atoms with E-state index < -0.39 is 0 Å². The molecule has 1 amide bonds. The molecule has 1 fully saturated rings. The molecule has 0 aliphatic carbocycles. The summed E-state index contributed by atoms with van der Waals surface area (Å²) in [6, 6.07) is 28.0. The van der Waals surface area contributed by atoms with Crippen LogP contribution in [0.3, 0.4) is 0 Å². The maximum atomic E-state index is 13.0. The summed E-state index contributed by atoms with van der Waals surface area (Å²) in [6.07, 6.45) is 0.987. The fourth-order valence-electron chi connectivity index (χ4n) is 3.87. The molecule has 2 N–H and O–H groups in total. The van der Waals surface area contributed by atoms with Gasteiger partial charge >= 0.3 is 0 Å². The monoisotopic (exact) mass is 414 g/mol. The number of likely N-dealkylation sites (tertiary alicyclic amines) is 1. The van der Waals surface area contributed by atoms with Crippen molar-refractivity contribution < 1.29 is 9.69 Å². The van der Waals surface area contributed by atoms with Crippen molar-refractivity contribution in [2.45, 2.75) is 28.8 Å². The highest BCUT2D eigenvalue weighted by Crippen LogP contribution is 2.32. The van der Waals surface area contributed by atoms with Crippen LogP contribution in [0.2, 0.25) is 0 Å². The fraction of sp³-hybridized carbons (Fsp3) is 0.200. The summed E-state index contributed by atoms with van der Waals surface area (Å²) in [5.41, 5.74) is 2.61. The van der Waals surface area contributed by atoms with Gasteiger partial charge in [-0.25, -0.2) is 0 Å². The zero-order chi connectivity index (χ0) is 20.8. The molecule has 1 unspecified atom stereocenters. The lowest BCUT2D eigenvalue weighted by atomic mass is 10.2. The van der Waals surface area contributed by atoms with Gasteiger partial charge in [-0.05, 0) is 24.3 Å². The van der Waals surface area contributed by atoms with E-state index in [2.05, 4.69) is 35.7 Å². The minimum absolute atomic E-state index is 0.0431. The van der Waals surface area contributed by atoms with Crippen molar-refractivity contribution in [1.82, 2.24) is 5.32 Å². The number of carbonyl (C=O) groups excluding carboxylic acids is 1. The van der Waals surface area contributed by atoms with E-state index in [9.17, 15) is 10.1 Å². The van der Waals surface area contributed by atoms with Crippen molar-refractivity contribution in [3.63, 3.8) is 0 Å². The lowest BCUT2D eigenvalue weighted by molar-refractivity contribution is -0.901. The number of benzene rings is 3. The number of quaternary nitrogens is 1. The molecule has 0 saturated carbocycles. The van der Waals surface area contributed by atoms with Crippen molar-refractivity contribution in [1.29, 1.82) is 5.26 Å². The van der Waals surface area contributed by atoms with Gasteiger partial charge in [0.05, 0.1) is 30.3 Å². The van der Waals surface area contributed by atoms with Gasteiger partial charge in [0.2, 0.25) is 0 Å². The van der Waals surface area contributed by atoms with Gasteiger partial charge in [-0.3, -0.25) is 4.79 Å². The molecular weight excluding hydrogens is 390 g/mol. The van der Waals surface area contributed by atoms with Crippen molar-refractivity contribution in [2.75, 3.05) is 13.1 Å². The van der Waals surface area contributed by atoms with Gasteiger partial charge < -0.3 is 10.2 Å². The van der Waals surface area contributed by atoms with E-state index in [1.165, 1.54) is 22.2 Å². The summed E-state index contributed by atoms with van der Waals surface area (Å²) in [5, 5.41) is 12.6. The van der Waals surface area contributed by atoms with Crippen LogP contribution < -0.4 is 10.2 Å². The van der Waals surface area contributed by atoms with Crippen LogP contribution in [0, 0.1) is 11.3 Å². The van der Waals surface area contributed by atoms with Crippen molar-refractivity contribution in [3.8, 4) is 6.07 Å². The van der Waals surface area contributed by atoms with Crippen LogP contribution in [0.25, 0.3) is 0 Å². The second-order valence-electron chi connectivity index (χ2n) is 7.53. The maximum Gasteiger partial charge on any atom is 0.252 e. The second kappa shape index (κ2) is 9.62. The second-order valence-corrected chi connectivity index (χ2v) is 8.62. The van der Waals surface area contributed by atoms with Crippen molar-refractivity contribution in [2.24, 2.45) is 0 Å². The van der Waals surface area contributed by atoms with Crippen LogP contribution in [0.4, 0.5) is 0 Å². The molecule has 150 valence electrons. The lowest BCUT2D eigenvalue weighted by Gasteiger charge is -2.15. The van der Waals surface area contributed by atoms with Gasteiger partial charge in [0.25, 0.3) is 5.91 Å². The van der Waals surface area contributed by atoms with Crippen LogP contribution >= 0.6 is 11.8 Å². The maximum absolute atomic E-state index is 13.0. The fourth-order valence-corrected chi connectivity index (χ4v) is 4.90. The van der Waals surface area contributed by atoms with E-state index in [1.807, 2.05) is 48.5 Å². The van der Waals surface area contributed by atoms with Gasteiger partial charge in [0.1, 0.15) is 12.6 Å². The zero-order valence-electron chi connectivity index (χ0n) is 16.7.